The van der Waals surface area contributed by atoms with Crippen LogP contribution in [0.1, 0.15) is 22.8 Å². The Hall–Kier alpha value is -2.43. The lowest BCUT2D eigenvalue weighted by Gasteiger charge is -2.09. The van der Waals surface area contributed by atoms with Crippen LogP contribution in [0.5, 0.6) is 0 Å². The number of aromatic nitrogens is 2. The van der Waals surface area contributed by atoms with Crippen molar-refractivity contribution in [1.29, 1.82) is 0 Å². The maximum absolute atomic E-state index is 12.0. The third-order valence-corrected chi connectivity index (χ3v) is 2.93. The molecule has 5 nitrogen and oxygen atoms in total. The molecule has 5 heteroatoms. The second-order valence-corrected chi connectivity index (χ2v) is 4.36. The molecule has 0 aliphatic heterocycles. The summed E-state index contributed by atoms with van der Waals surface area (Å²) in [6.45, 7) is 1.64. The first-order valence-electron chi connectivity index (χ1n) is 5.86. The Morgan fingerprint density at radius 1 is 1.16 bits per heavy atom. The summed E-state index contributed by atoms with van der Waals surface area (Å²) in [6.07, 6.45) is 1.33. The minimum absolute atomic E-state index is 0.0260. The number of rotatable bonds is 3. The molecule has 0 atom stereocenters. The molecule has 0 saturated heterocycles. The van der Waals surface area contributed by atoms with Crippen molar-refractivity contribution in [3.63, 3.8) is 0 Å². The zero-order valence-electron chi connectivity index (χ0n) is 10.8. The summed E-state index contributed by atoms with van der Waals surface area (Å²) in [5, 5.41) is 0. The molecule has 1 aromatic carbocycles. The standard InChI is InChI=1S/C14H14N2O3/c1-10(17)12-9-16(14(19)15(2)13(12)18)8-11-6-4-3-5-7-11/h3-7,9H,8H2,1-2H3. The molecule has 0 spiro atoms. The monoisotopic (exact) mass is 258 g/mol. The van der Waals surface area contributed by atoms with Gasteiger partial charge in [-0.25, -0.2) is 4.79 Å². The highest BCUT2D eigenvalue weighted by molar-refractivity contribution is 5.93. The third kappa shape index (κ3) is 2.54. The van der Waals surface area contributed by atoms with E-state index in [4.69, 9.17) is 0 Å². The van der Waals surface area contributed by atoms with Crippen LogP contribution < -0.4 is 11.2 Å². The number of ketones is 1. The highest BCUT2D eigenvalue weighted by atomic mass is 16.2. The largest absolute Gasteiger partial charge is 0.331 e. The van der Waals surface area contributed by atoms with Gasteiger partial charge in [0, 0.05) is 13.2 Å². The lowest BCUT2D eigenvalue weighted by molar-refractivity contribution is 0.101. The molecule has 1 heterocycles. The molecule has 2 aromatic rings. The van der Waals surface area contributed by atoms with Gasteiger partial charge in [-0.3, -0.25) is 18.7 Å². The minimum Gasteiger partial charge on any atom is -0.295 e. The molecule has 0 saturated carbocycles. The van der Waals surface area contributed by atoms with Crippen LogP contribution in [0, 0.1) is 0 Å². The molecule has 0 fully saturated rings. The smallest absolute Gasteiger partial charge is 0.295 e. The highest BCUT2D eigenvalue weighted by Crippen LogP contribution is 2.01. The first kappa shape index (κ1) is 13.0. The Kier molecular flexibility index (Phi) is 3.46. The molecule has 0 unspecified atom stereocenters. The maximum Gasteiger partial charge on any atom is 0.331 e. The van der Waals surface area contributed by atoms with Crippen molar-refractivity contribution in [1.82, 2.24) is 9.13 Å². The van der Waals surface area contributed by atoms with Crippen molar-refractivity contribution >= 4 is 5.78 Å². The normalized spacial score (nSPS) is 10.4. The molecular formula is C14H14N2O3. The molecule has 0 aliphatic carbocycles. The van der Waals surface area contributed by atoms with Crippen molar-refractivity contribution in [2.24, 2.45) is 7.05 Å². The van der Waals surface area contributed by atoms with Gasteiger partial charge in [-0.05, 0) is 12.5 Å². The molecule has 0 N–H and O–H groups in total. The van der Waals surface area contributed by atoms with Crippen molar-refractivity contribution < 1.29 is 4.79 Å². The van der Waals surface area contributed by atoms with Gasteiger partial charge in [-0.1, -0.05) is 30.3 Å². The van der Waals surface area contributed by atoms with Gasteiger partial charge in [0.2, 0.25) is 0 Å². The summed E-state index contributed by atoms with van der Waals surface area (Å²) in [5.74, 6) is -0.345. The van der Waals surface area contributed by atoms with E-state index in [1.807, 2.05) is 30.3 Å². The van der Waals surface area contributed by atoms with Crippen LogP contribution >= 0.6 is 0 Å². The van der Waals surface area contributed by atoms with Crippen molar-refractivity contribution in [3.05, 3.63) is 68.5 Å². The van der Waals surface area contributed by atoms with E-state index >= 15 is 0 Å². The van der Waals surface area contributed by atoms with E-state index in [0.717, 1.165) is 10.1 Å². The Balaban J connectivity index is 2.56. The molecule has 0 amide bonds. The van der Waals surface area contributed by atoms with Crippen LogP contribution in [0.2, 0.25) is 0 Å². The zero-order chi connectivity index (χ0) is 14.0. The number of Topliss-reactive ketones (excluding diaryl/α,β-unsaturated/α-hetero) is 1. The summed E-state index contributed by atoms with van der Waals surface area (Å²) >= 11 is 0. The molecule has 0 aliphatic rings. The summed E-state index contributed by atoms with van der Waals surface area (Å²) in [6, 6.07) is 9.38. The zero-order valence-corrected chi connectivity index (χ0v) is 10.8. The number of nitrogens with zero attached hydrogens (tertiary/aromatic N) is 2. The van der Waals surface area contributed by atoms with E-state index < -0.39 is 11.2 Å². The van der Waals surface area contributed by atoms with Gasteiger partial charge in [0.15, 0.2) is 5.78 Å². The van der Waals surface area contributed by atoms with Crippen molar-refractivity contribution in [2.75, 3.05) is 0 Å². The molecule has 0 radical (unpaired) electrons. The van der Waals surface area contributed by atoms with Crippen molar-refractivity contribution in [2.45, 2.75) is 13.5 Å². The first-order chi connectivity index (χ1) is 9.00. The lowest BCUT2D eigenvalue weighted by Crippen LogP contribution is -2.40. The predicted octanol–water partition coefficient (Wildman–Crippen LogP) is 0.798. The van der Waals surface area contributed by atoms with E-state index in [9.17, 15) is 14.4 Å². The summed E-state index contributed by atoms with van der Waals surface area (Å²) in [7, 11) is 1.37. The van der Waals surface area contributed by atoms with Gasteiger partial charge in [0.05, 0.1) is 12.1 Å². The Morgan fingerprint density at radius 2 is 1.79 bits per heavy atom. The van der Waals surface area contributed by atoms with E-state index in [1.165, 1.54) is 24.7 Å². The van der Waals surface area contributed by atoms with Crippen LogP contribution in [0.4, 0.5) is 0 Å². The number of benzene rings is 1. The second kappa shape index (κ2) is 5.06. The fourth-order valence-corrected chi connectivity index (χ4v) is 1.86. The molecule has 98 valence electrons. The SMILES string of the molecule is CC(=O)c1cn(Cc2ccccc2)c(=O)n(C)c1=O. The molecule has 19 heavy (non-hydrogen) atoms. The fourth-order valence-electron chi connectivity index (χ4n) is 1.86. The maximum atomic E-state index is 12.0. The Labute approximate surface area is 109 Å². The fraction of sp³-hybridized carbons (Fsp3) is 0.214. The van der Waals surface area contributed by atoms with Gasteiger partial charge >= 0.3 is 5.69 Å². The molecule has 1 aromatic heterocycles. The number of carbonyl (C=O) groups is 1. The summed E-state index contributed by atoms with van der Waals surface area (Å²) in [4.78, 5) is 35.2. The van der Waals surface area contributed by atoms with Crippen LogP contribution in [-0.4, -0.2) is 14.9 Å². The minimum atomic E-state index is -0.554. The number of hydrogen-bond acceptors (Lipinski definition) is 3. The topological polar surface area (TPSA) is 61.1 Å². The van der Waals surface area contributed by atoms with E-state index in [0.29, 0.717) is 6.54 Å². The average Bonchev–Trinajstić information content (AvgIpc) is 2.40. The molecule has 0 bridgehead atoms. The quantitative estimate of drug-likeness (QED) is 0.765. The van der Waals surface area contributed by atoms with Crippen molar-refractivity contribution in [3.8, 4) is 0 Å². The van der Waals surface area contributed by atoms with Gasteiger partial charge in [0.1, 0.15) is 0 Å². The van der Waals surface area contributed by atoms with Gasteiger partial charge < -0.3 is 0 Å². The Bertz CT molecular complexity index is 727. The van der Waals surface area contributed by atoms with E-state index in [2.05, 4.69) is 0 Å². The molecule has 2 rings (SSSR count). The second-order valence-electron chi connectivity index (χ2n) is 4.36. The summed E-state index contributed by atoms with van der Waals surface area (Å²) in [5.41, 5.74) is -0.0311. The van der Waals surface area contributed by atoms with Crippen LogP contribution in [-0.2, 0) is 13.6 Å². The summed E-state index contributed by atoms with van der Waals surface area (Å²) < 4.78 is 2.33. The van der Waals surface area contributed by atoms with Gasteiger partial charge in [0.25, 0.3) is 5.56 Å². The average molecular weight is 258 g/mol. The number of hydrogen-bond donors (Lipinski definition) is 0. The van der Waals surface area contributed by atoms with Crippen LogP contribution in [0.15, 0.2) is 46.1 Å². The lowest BCUT2D eigenvalue weighted by atomic mass is 10.2. The van der Waals surface area contributed by atoms with Gasteiger partial charge in [-0.2, -0.15) is 0 Å². The van der Waals surface area contributed by atoms with Crippen LogP contribution in [0.3, 0.4) is 0 Å². The third-order valence-electron chi connectivity index (χ3n) is 2.93. The van der Waals surface area contributed by atoms with E-state index in [1.54, 1.807) is 0 Å². The van der Waals surface area contributed by atoms with E-state index in [-0.39, 0.29) is 11.3 Å². The Morgan fingerprint density at radius 3 is 2.37 bits per heavy atom. The molecular weight excluding hydrogens is 244 g/mol. The highest BCUT2D eigenvalue weighted by Gasteiger charge is 2.12. The number of carbonyl (C=O) groups excluding carboxylic acids is 1. The predicted molar refractivity (Wildman–Crippen MR) is 71.5 cm³/mol. The van der Waals surface area contributed by atoms with Gasteiger partial charge in [-0.15, -0.1) is 0 Å². The van der Waals surface area contributed by atoms with Crippen LogP contribution in [0.25, 0.3) is 0 Å². The first-order valence-corrected chi connectivity index (χ1v) is 5.86.